The van der Waals surface area contributed by atoms with Crippen LogP contribution in [0.25, 0.3) is 10.9 Å². The fourth-order valence-corrected chi connectivity index (χ4v) is 4.69. The fraction of sp³-hybridized carbons (Fsp3) is 0.192. The minimum Gasteiger partial charge on any atom is -0.508 e. The van der Waals surface area contributed by atoms with Crippen LogP contribution in [-0.4, -0.2) is 29.8 Å². The van der Waals surface area contributed by atoms with Crippen LogP contribution in [0.2, 0.25) is 0 Å². The molecule has 1 aromatic heterocycles. The molecule has 0 aliphatic carbocycles. The second kappa shape index (κ2) is 9.11. The van der Waals surface area contributed by atoms with Gasteiger partial charge in [-0.05, 0) is 59.7 Å². The first-order valence-corrected chi connectivity index (χ1v) is 12.4. The minimum atomic E-state index is -3.23. The van der Waals surface area contributed by atoms with E-state index in [1.807, 2.05) is 31.3 Å². The number of carbonyl (C=O) groups is 1. The molecule has 1 amide bonds. The average molecular weight is 463 g/mol. The van der Waals surface area contributed by atoms with Crippen molar-refractivity contribution in [2.75, 3.05) is 5.75 Å². The molecule has 0 bridgehead atoms. The number of nitrogens with one attached hydrogen (secondary N) is 1. The third-order valence-corrected chi connectivity index (χ3v) is 7.59. The molecule has 0 saturated heterocycles. The number of fused-ring (bicyclic) bond motifs is 1. The van der Waals surface area contributed by atoms with E-state index in [4.69, 9.17) is 0 Å². The summed E-state index contributed by atoms with van der Waals surface area (Å²) in [5, 5.41) is 13.4. The van der Waals surface area contributed by atoms with Gasteiger partial charge in [0, 0.05) is 42.2 Å². The number of amides is 1. The number of aromatic nitrogens is 1. The molecule has 0 aliphatic rings. The highest BCUT2D eigenvalue weighted by molar-refractivity contribution is 7.91. The largest absolute Gasteiger partial charge is 0.508 e. The molecule has 2 N–H and O–H groups in total. The van der Waals surface area contributed by atoms with Gasteiger partial charge in [-0.15, -0.1) is 0 Å². The Hall–Kier alpha value is -3.58. The molecule has 33 heavy (non-hydrogen) atoms. The summed E-state index contributed by atoms with van der Waals surface area (Å²) in [4.78, 5) is 13.0. The van der Waals surface area contributed by atoms with E-state index in [9.17, 15) is 18.3 Å². The highest BCUT2D eigenvalue weighted by atomic mass is 32.2. The van der Waals surface area contributed by atoms with Crippen molar-refractivity contribution in [3.05, 3.63) is 95.2 Å². The number of carbonyl (C=O) groups excluding carboxylic acids is 1. The molecule has 0 aliphatic heterocycles. The number of benzene rings is 3. The van der Waals surface area contributed by atoms with Crippen LogP contribution < -0.4 is 5.32 Å². The van der Waals surface area contributed by atoms with Crippen molar-refractivity contribution in [1.29, 1.82) is 0 Å². The predicted molar refractivity (Wildman–Crippen MR) is 129 cm³/mol. The predicted octanol–water partition coefficient (Wildman–Crippen LogP) is 4.20. The number of sulfone groups is 1. The van der Waals surface area contributed by atoms with Crippen LogP contribution in [0.1, 0.15) is 34.1 Å². The van der Waals surface area contributed by atoms with E-state index in [1.54, 1.807) is 49.4 Å². The number of nitrogens with zero attached hydrogens (tertiary/aromatic N) is 1. The normalized spacial score (nSPS) is 11.6. The SMILES string of the molecule is CCS(=O)(=O)c1ccc(CNC(=O)c2ccc3c(c2)cc(Cc2ccc(O)cc2)n3C)cc1. The van der Waals surface area contributed by atoms with E-state index >= 15 is 0 Å². The summed E-state index contributed by atoms with van der Waals surface area (Å²) in [6.45, 7) is 1.92. The monoisotopic (exact) mass is 462 g/mol. The molecule has 3 aromatic carbocycles. The molecule has 6 nitrogen and oxygen atoms in total. The van der Waals surface area contributed by atoms with Crippen molar-refractivity contribution in [3.63, 3.8) is 0 Å². The lowest BCUT2D eigenvalue weighted by Gasteiger charge is -2.08. The second-order valence-corrected chi connectivity index (χ2v) is 10.3. The topological polar surface area (TPSA) is 88.4 Å². The van der Waals surface area contributed by atoms with Crippen molar-refractivity contribution in [2.24, 2.45) is 7.05 Å². The Labute approximate surface area is 193 Å². The molecule has 0 radical (unpaired) electrons. The maximum atomic E-state index is 12.7. The standard InChI is InChI=1S/C26H26N2O4S/c1-3-33(31,32)24-11-6-19(7-12-24)17-27-26(30)20-8-13-25-21(15-20)16-22(28(25)2)14-18-4-9-23(29)10-5-18/h4-13,15-16,29H,3,14,17H2,1-2H3,(H,27,30). The Kier molecular flexibility index (Phi) is 6.24. The zero-order valence-electron chi connectivity index (χ0n) is 18.6. The molecule has 0 saturated carbocycles. The zero-order chi connectivity index (χ0) is 23.6. The first kappa shape index (κ1) is 22.6. The lowest BCUT2D eigenvalue weighted by Crippen LogP contribution is -2.22. The Morgan fingerprint density at radius 1 is 0.939 bits per heavy atom. The number of phenolic OH excluding ortho intramolecular Hbond substituents is 1. The molecular weight excluding hydrogens is 436 g/mol. The van der Waals surface area contributed by atoms with Gasteiger partial charge >= 0.3 is 0 Å². The van der Waals surface area contributed by atoms with Gasteiger partial charge in [0.15, 0.2) is 9.84 Å². The van der Waals surface area contributed by atoms with Crippen molar-refractivity contribution in [1.82, 2.24) is 9.88 Å². The zero-order valence-corrected chi connectivity index (χ0v) is 19.4. The third-order valence-electron chi connectivity index (χ3n) is 5.84. The first-order valence-electron chi connectivity index (χ1n) is 10.7. The Morgan fingerprint density at radius 3 is 2.27 bits per heavy atom. The van der Waals surface area contributed by atoms with E-state index in [0.29, 0.717) is 12.1 Å². The van der Waals surface area contributed by atoms with Crippen LogP contribution in [0.5, 0.6) is 5.75 Å². The Balaban J connectivity index is 1.46. The lowest BCUT2D eigenvalue weighted by atomic mass is 10.1. The number of hydrogen-bond donors (Lipinski definition) is 2. The second-order valence-electron chi connectivity index (χ2n) is 8.04. The highest BCUT2D eigenvalue weighted by Crippen LogP contribution is 2.23. The summed E-state index contributed by atoms with van der Waals surface area (Å²) in [6, 6.07) is 21.4. The first-order chi connectivity index (χ1) is 15.8. The molecule has 0 unspecified atom stereocenters. The molecule has 0 fully saturated rings. The van der Waals surface area contributed by atoms with Crippen LogP contribution in [0, 0.1) is 0 Å². The minimum absolute atomic E-state index is 0.0572. The summed E-state index contributed by atoms with van der Waals surface area (Å²) in [5.74, 6) is 0.112. The van der Waals surface area contributed by atoms with E-state index in [2.05, 4.69) is 16.0 Å². The maximum Gasteiger partial charge on any atom is 0.251 e. The molecule has 0 atom stereocenters. The van der Waals surface area contributed by atoms with Gasteiger partial charge in [0.2, 0.25) is 0 Å². The molecule has 4 rings (SSSR count). The number of rotatable bonds is 7. The van der Waals surface area contributed by atoms with Crippen LogP contribution in [0.4, 0.5) is 0 Å². The fourth-order valence-electron chi connectivity index (χ4n) is 3.81. The number of aromatic hydroxyl groups is 1. The third kappa shape index (κ3) is 4.93. The summed E-state index contributed by atoms with van der Waals surface area (Å²) >= 11 is 0. The van der Waals surface area contributed by atoms with E-state index in [-0.39, 0.29) is 22.3 Å². The van der Waals surface area contributed by atoms with Crippen LogP contribution in [0.15, 0.2) is 77.7 Å². The number of phenols is 1. The molecular formula is C26H26N2O4S. The van der Waals surface area contributed by atoms with Crippen LogP contribution in [-0.2, 0) is 29.9 Å². The lowest BCUT2D eigenvalue weighted by molar-refractivity contribution is 0.0951. The van der Waals surface area contributed by atoms with Crippen LogP contribution in [0.3, 0.4) is 0 Å². The molecule has 170 valence electrons. The molecule has 4 aromatic rings. The average Bonchev–Trinajstić information content (AvgIpc) is 3.13. The van der Waals surface area contributed by atoms with Crippen molar-refractivity contribution < 1.29 is 18.3 Å². The summed E-state index contributed by atoms with van der Waals surface area (Å²) < 4.78 is 26.0. The molecule has 1 heterocycles. The van der Waals surface area contributed by atoms with Crippen LogP contribution >= 0.6 is 0 Å². The number of aryl methyl sites for hydroxylation is 1. The summed E-state index contributed by atoms with van der Waals surface area (Å²) in [5.41, 5.74) is 4.63. The van der Waals surface area contributed by atoms with Gasteiger partial charge in [0.25, 0.3) is 5.91 Å². The van der Waals surface area contributed by atoms with E-state index in [0.717, 1.165) is 34.1 Å². The molecule has 7 heteroatoms. The molecule has 0 spiro atoms. The highest BCUT2D eigenvalue weighted by Gasteiger charge is 2.13. The summed E-state index contributed by atoms with van der Waals surface area (Å²) in [6.07, 6.45) is 0.719. The van der Waals surface area contributed by atoms with Gasteiger partial charge in [-0.1, -0.05) is 31.2 Å². The van der Waals surface area contributed by atoms with E-state index in [1.165, 1.54) is 0 Å². The van der Waals surface area contributed by atoms with Gasteiger partial charge in [-0.2, -0.15) is 0 Å². The van der Waals surface area contributed by atoms with Crippen molar-refractivity contribution >= 4 is 26.6 Å². The van der Waals surface area contributed by atoms with Crippen molar-refractivity contribution in [2.45, 2.75) is 24.8 Å². The summed E-state index contributed by atoms with van der Waals surface area (Å²) in [7, 11) is -1.23. The van der Waals surface area contributed by atoms with Gasteiger partial charge in [0.05, 0.1) is 10.6 Å². The quantitative estimate of drug-likeness (QED) is 0.431. The van der Waals surface area contributed by atoms with Crippen molar-refractivity contribution in [3.8, 4) is 5.75 Å². The Bertz CT molecular complexity index is 1400. The van der Waals surface area contributed by atoms with Gasteiger partial charge in [-0.25, -0.2) is 8.42 Å². The Morgan fingerprint density at radius 2 is 1.61 bits per heavy atom. The maximum absolute atomic E-state index is 12.7. The van der Waals surface area contributed by atoms with Gasteiger partial charge in [0.1, 0.15) is 5.75 Å². The van der Waals surface area contributed by atoms with Gasteiger partial charge in [-0.3, -0.25) is 4.79 Å². The van der Waals surface area contributed by atoms with E-state index < -0.39 is 9.84 Å². The number of hydrogen-bond acceptors (Lipinski definition) is 4. The van der Waals surface area contributed by atoms with Gasteiger partial charge < -0.3 is 15.0 Å². The smallest absolute Gasteiger partial charge is 0.251 e.